The first-order valence-corrected chi connectivity index (χ1v) is 7.99. The highest BCUT2D eigenvalue weighted by molar-refractivity contribution is 5.79. The van der Waals surface area contributed by atoms with E-state index in [2.05, 4.69) is 22.5 Å². The molecule has 118 valence electrons. The van der Waals surface area contributed by atoms with Gasteiger partial charge in [0.2, 0.25) is 0 Å². The normalized spacial score (nSPS) is 16.6. The molecular weight excluding hydrogens is 254 g/mol. The molecule has 0 atom stereocenters. The Morgan fingerprint density at radius 2 is 1.95 bits per heavy atom. The Balaban J connectivity index is 2.04. The number of rotatable bonds is 10. The van der Waals surface area contributed by atoms with Crippen molar-refractivity contribution in [3.05, 3.63) is 0 Å². The van der Waals surface area contributed by atoms with Crippen molar-refractivity contribution in [1.29, 1.82) is 0 Å². The van der Waals surface area contributed by atoms with Crippen LogP contribution < -0.4 is 10.6 Å². The van der Waals surface area contributed by atoms with Crippen LogP contribution in [-0.4, -0.2) is 52.0 Å². The summed E-state index contributed by atoms with van der Waals surface area (Å²) in [6.45, 7) is 6.27. The van der Waals surface area contributed by atoms with Gasteiger partial charge in [-0.15, -0.1) is 0 Å². The van der Waals surface area contributed by atoms with Gasteiger partial charge in [0.15, 0.2) is 5.96 Å². The molecule has 0 spiro atoms. The van der Waals surface area contributed by atoms with Gasteiger partial charge in [-0.25, -0.2) is 0 Å². The van der Waals surface area contributed by atoms with Crippen LogP contribution in [0.1, 0.15) is 45.4 Å². The largest absolute Gasteiger partial charge is 0.385 e. The summed E-state index contributed by atoms with van der Waals surface area (Å²) in [4.78, 5) is 4.50. The Labute approximate surface area is 123 Å². The van der Waals surface area contributed by atoms with E-state index in [9.17, 15) is 0 Å². The van der Waals surface area contributed by atoms with Gasteiger partial charge in [0, 0.05) is 40.0 Å². The highest BCUT2D eigenvalue weighted by Gasteiger charge is 2.14. The quantitative estimate of drug-likeness (QED) is 0.366. The SMILES string of the molecule is CCNC(=NCCCOC)NCCCOC1CCCC1. The number of nitrogens with zero attached hydrogens (tertiary/aromatic N) is 1. The molecule has 0 aromatic heterocycles. The van der Waals surface area contributed by atoms with Crippen LogP contribution in [0.2, 0.25) is 0 Å². The molecule has 0 heterocycles. The maximum absolute atomic E-state index is 5.84. The summed E-state index contributed by atoms with van der Waals surface area (Å²) in [6, 6.07) is 0. The van der Waals surface area contributed by atoms with Crippen LogP contribution in [0.15, 0.2) is 4.99 Å². The van der Waals surface area contributed by atoms with Crippen molar-refractivity contribution in [3.63, 3.8) is 0 Å². The topological polar surface area (TPSA) is 54.9 Å². The van der Waals surface area contributed by atoms with Gasteiger partial charge in [0.25, 0.3) is 0 Å². The minimum atomic E-state index is 0.519. The average Bonchev–Trinajstić information content (AvgIpc) is 2.96. The standard InChI is InChI=1S/C15H31N3O2/c1-3-16-15(17-10-6-12-19-2)18-11-7-13-20-14-8-4-5-9-14/h14H,3-13H2,1-2H3,(H2,16,17,18). The maximum atomic E-state index is 5.84. The first kappa shape index (κ1) is 17.2. The van der Waals surface area contributed by atoms with E-state index in [1.807, 2.05) is 0 Å². The number of nitrogens with one attached hydrogen (secondary N) is 2. The summed E-state index contributed by atoms with van der Waals surface area (Å²) >= 11 is 0. The molecule has 0 bridgehead atoms. The molecular formula is C15H31N3O2. The molecule has 0 aromatic carbocycles. The third-order valence-electron chi connectivity index (χ3n) is 3.39. The molecule has 0 saturated heterocycles. The molecule has 20 heavy (non-hydrogen) atoms. The van der Waals surface area contributed by atoms with Crippen LogP contribution in [-0.2, 0) is 9.47 Å². The summed E-state index contributed by atoms with van der Waals surface area (Å²) in [5.41, 5.74) is 0. The predicted molar refractivity (Wildman–Crippen MR) is 83.3 cm³/mol. The Kier molecular flexibility index (Phi) is 10.3. The zero-order chi connectivity index (χ0) is 14.5. The monoisotopic (exact) mass is 285 g/mol. The Morgan fingerprint density at radius 1 is 1.15 bits per heavy atom. The van der Waals surface area contributed by atoms with Gasteiger partial charge in [-0.1, -0.05) is 12.8 Å². The number of aliphatic imine (C=N–C) groups is 1. The van der Waals surface area contributed by atoms with Gasteiger partial charge in [-0.3, -0.25) is 4.99 Å². The lowest BCUT2D eigenvalue weighted by Gasteiger charge is -2.13. The van der Waals surface area contributed by atoms with Crippen molar-refractivity contribution in [1.82, 2.24) is 10.6 Å². The number of ether oxygens (including phenoxy) is 2. The summed E-state index contributed by atoms with van der Waals surface area (Å²) in [7, 11) is 1.72. The maximum Gasteiger partial charge on any atom is 0.191 e. The van der Waals surface area contributed by atoms with Crippen LogP contribution in [0.25, 0.3) is 0 Å². The van der Waals surface area contributed by atoms with E-state index < -0.39 is 0 Å². The second-order valence-corrected chi connectivity index (χ2v) is 5.16. The second-order valence-electron chi connectivity index (χ2n) is 5.16. The zero-order valence-corrected chi connectivity index (χ0v) is 13.1. The van der Waals surface area contributed by atoms with Crippen LogP contribution in [0, 0.1) is 0 Å². The molecule has 0 unspecified atom stereocenters. The van der Waals surface area contributed by atoms with Crippen molar-refractivity contribution < 1.29 is 9.47 Å². The molecule has 1 saturated carbocycles. The van der Waals surface area contributed by atoms with Crippen molar-refractivity contribution in [2.45, 2.75) is 51.6 Å². The highest BCUT2D eigenvalue weighted by Crippen LogP contribution is 2.20. The summed E-state index contributed by atoms with van der Waals surface area (Å²) in [5, 5.41) is 6.59. The Morgan fingerprint density at radius 3 is 2.65 bits per heavy atom. The molecule has 0 aliphatic heterocycles. The fourth-order valence-corrected chi connectivity index (χ4v) is 2.33. The molecule has 0 amide bonds. The highest BCUT2D eigenvalue weighted by atomic mass is 16.5. The van der Waals surface area contributed by atoms with E-state index in [0.717, 1.165) is 51.6 Å². The van der Waals surface area contributed by atoms with E-state index in [4.69, 9.17) is 9.47 Å². The number of hydrogen-bond donors (Lipinski definition) is 2. The summed E-state index contributed by atoms with van der Waals surface area (Å²) in [5.74, 6) is 0.893. The third-order valence-corrected chi connectivity index (χ3v) is 3.39. The summed E-state index contributed by atoms with van der Waals surface area (Å²) < 4.78 is 10.9. The van der Waals surface area contributed by atoms with Crippen LogP contribution >= 0.6 is 0 Å². The van der Waals surface area contributed by atoms with Gasteiger partial charge < -0.3 is 20.1 Å². The number of hydrogen-bond acceptors (Lipinski definition) is 3. The van der Waals surface area contributed by atoms with Gasteiger partial charge in [0.1, 0.15) is 0 Å². The number of methoxy groups -OCH3 is 1. The van der Waals surface area contributed by atoms with Crippen molar-refractivity contribution in [2.75, 3.05) is 40.0 Å². The lowest BCUT2D eigenvalue weighted by Crippen LogP contribution is -2.38. The average molecular weight is 285 g/mol. The molecule has 1 rings (SSSR count). The molecule has 1 aliphatic carbocycles. The van der Waals surface area contributed by atoms with Crippen molar-refractivity contribution in [2.24, 2.45) is 4.99 Å². The van der Waals surface area contributed by atoms with E-state index in [1.165, 1.54) is 25.7 Å². The van der Waals surface area contributed by atoms with E-state index in [-0.39, 0.29) is 0 Å². The molecule has 0 radical (unpaired) electrons. The van der Waals surface area contributed by atoms with Gasteiger partial charge in [-0.2, -0.15) is 0 Å². The second kappa shape index (κ2) is 12.0. The predicted octanol–water partition coefficient (Wildman–Crippen LogP) is 1.93. The molecule has 1 aliphatic rings. The minimum absolute atomic E-state index is 0.519. The van der Waals surface area contributed by atoms with Crippen LogP contribution in [0.5, 0.6) is 0 Å². The molecule has 1 fully saturated rings. The lowest BCUT2D eigenvalue weighted by atomic mass is 10.3. The lowest BCUT2D eigenvalue weighted by molar-refractivity contribution is 0.0574. The third kappa shape index (κ3) is 8.38. The zero-order valence-electron chi connectivity index (χ0n) is 13.1. The Hall–Kier alpha value is -0.810. The van der Waals surface area contributed by atoms with Gasteiger partial charge in [0.05, 0.1) is 6.10 Å². The van der Waals surface area contributed by atoms with Crippen LogP contribution in [0.4, 0.5) is 0 Å². The van der Waals surface area contributed by atoms with Crippen LogP contribution in [0.3, 0.4) is 0 Å². The van der Waals surface area contributed by atoms with Crippen molar-refractivity contribution in [3.8, 4) is 0 Å². The first-order valence-electron chi connectivity index (χ1n) is 7.99. The smallest absolute Gasteiger partial charge is 0.191 e. The van der Waals surface area contributed by atoms with Crippen molar-refractivity contribution >= 4 is 5.96 Å². The fraction of sp³-hybridized carbons (Fsp3) is 0.933. The van der Waals surface area contributed by atoms with E-state index in [1.54, 1.807) is 7.11 Å². The van der Waals surface area contributed by atoms with Gasteiger partial charge in [-0.05, 0) is 32.6 Å². The van der Waals surface area contributed by atoms with E-state index >= 15 is 0 Å². The molecule has 0 aromatic rings. The molecule has 5 nitrogen and oxygen atoms in total. The van der Waals surface area contributed by atoms with Gasteiger partial charge >= 0.3 is 0 Å². The summed E-state index contributed by atoms with van der Waals surface area (Å²) in [6.07, 6.45) is 7.67. The molecule has 5 heteroatoms. The van der Waals surface area contributed by atoms with E-state index in [0.29, 0.717) is 6.10 Å². The molecule has 2 N–H and O–H groups in total. The Bertz CT molecular complexity index is 254. The first-order chi connectivity index (χ1) is 9.86. The minimum Gasteiger partial charge on any atom is -0.385 e. The fourth-order valence-electron chi connectivity index (χ4n) is 2.33. The number of guanidine groups is 1.